The molecule has 0 spiro atoms. The second-order valence-electron chi connectivity index (χ2n) is 7.60. The molecule has 0 aliphatic carbocycles. The van der Waals surface area contributed by atoms with Crippen molar-refractivity contribution in [3.8, 4) is 5.75 Å². The predicted molar refractivity (Wildman–Crippen MR) is 128 cm³/mol. The highest BCUT2D eigenvalue weighted by Crippen LogP contribution is 2.37. The number of ether oxygens (including phenoxy) is 1. The van der Waals surface area contributed by atoms with Crippen molar-refractivity contribution in [2.75, 3.05) is 0 Å². The lowest BCUT2D eigenvalue weighted by Crippen LogP contribution is -2.33. The lowest BCUT2D eigenvalue weighted by Gasteiger charge is -2.37. The molecule has 1 N–H and O–H groups in total. The number of hydrogen-bond acceptors (Lipinski definition) is 3. The van der Waals surface area contributed by atoms with Crippen molar-refractivity contribution in [3.63, 3.8) is 0 Å². The average Bonchev–Trinajstić information content (AvgIpc) is 2.77. The van der Waals surface area contributed by atoms with Gasteiger partial charge in [0.05, 0.1) is 9.99 Å². The fourth-order valence-corrected chi connectivity index (χ4v) is 4.41. The summed E-state index contributed by atoms with van der Waals surface area (Å²) in [4.78, 5) is 13.9. The van der Waals surface area contributed by atoms with Crippen LogP contribution >= 0.6 is 22.6 Å². The van der Waals surface area contributed by atoms with Crippen molar-refractivity contribution in [1.82, 2.24) is 4.90 Å². The van der Waals surface area contributed by atoms with Gasteiger partial charge in [-0.05, 0) is 58.3 Å². The van der Waals surface area contributed by atoms with Gasteiger partial charge in [-0.1, -0.05) is 66.7 Å². The summed E-state index contributed by atoms with van der Waals surface area (Å²) in [7, 11) is 0. The molecule has 0 amide bonds. The fourth-order valence-electron chi connectivity index (χ4n) is 3.76. The molecule has 0 aromatic heterocycles. The van der Waals surface area contributed by atoms with Gasteiger partial charge in [0.2, 0.25) is 0 Å². The molecule has 2 atom stereocenters. The van der Waals surface area contributed by atoms with E-state index >= 15 is 0 Å². The van der Waals surface area contributed by atoms with Gasteiger partial charge in [0, 0.05) is 18.6 Å². The molecule has 0 aliphatic heterocycles. The molecule has 0 radical (unpaired) electrons. The van der Waals surface area contributed by atoms with Crippen LogP contribution in [-0.4, -0.2) is 22.3 Å². The quantitative estimate of drug-likeness (QED) is 0.283. The van der Waals surface area contributed by atoms with Crippen LogP contribution in [-0.2, 0) is 11.3 Å². The van der Waals surface area contributed by atoms with Gasteiger partial charge >= 0.3 is 12.3 Å². The van der Waals surface area contributed by atoms with Crippen LogP contribution in [0.15, 0.2) is 78.9 Å². The van der Waals surface area contributed by atoms with Crippen LogP contribution in [0, 0.1) is 3.57 Å². The molecule has 0 saturated heterocycles. The summed E-state index contributed by atoms with van der Waals surface area (Å²) in [6, 6.07) is 23.0. The highest BCUT2D eigenvalue weighted by Gasteiger charge is 2.33. The Morgan fingerprint density at radius 1 is 1.00 bits per heavy atom. The van der Waals surface area contributed by atoms with E-state index in [9.17, 15) is 23.1 Å². The largest absolute Gasteiger partial charge is 0.573 e. The second-order valence-corrected chi connectivity index (χ2v) is 8.76. The lowest BCUT2D eigenvalue weighted by molar-refractivity contribution is -0.275. The van der Waals surface area contributed by atoms with Crippen molar-refractivity contribution in [3.05, 3.63) is 99.1 Å². The highest BCUT2D eigenvalue weighted by atomic mass is 127. The molecular weight excluding hydrogens is 546 g/mol. The van der Waals surface area contributed by atoms with E-state index in [-0.39, 0.29) is 21.8 Å². The number of rotatable bonds is 9. The van der Waals surface area contributed by atoms with Crippen molar-refractivity contribution < 1.29 is 27.8 Å². The van der Waals surface area contributed by atoms with Crippen molar-refractivity contribution in [2.45, 2.75) is 38.3 Å². The number of aliphatic carboxylic acids is 1. The monoisotopic (exact) mass is 569 g/mol. The molecule has 3 aromatic carbocycles. The molecule has 3 rings (SSSR count). The van der Waals surface area contributed by atoms with Gasteiger partial charge < -0.3 is 9.84 Å². The average molecular weight is 569 g/mol. The molecule has 1 unspecified atom stereocenters. The molecule has 0 aliphatic rings. The Morgan fingerprint density at radius 3 is 2.15 bits per heavy atom. The van der Waals surface area contributed by atoms with E-state index in [1.165, 1.54) is 12.1 Å². The summed E-state index contributed by atoms with van der Waals surface area (Å²) >= 11 is 1.78. The smallest absolute Gasteiger partial charge is 0.481 e. The summed E-state index contributed by atoms with van der Waals surface area (Å²) < 4.78 is 42.5. The minimum atomic E-state index is -4.80. The number of benzene rings is 3. The third kappa shape index (κ3) is 7.20. The predicted octanol–water partition coefficient (Wildman–Crippen LogP) is 6.97. The van der Waals surface area contributed by atoms with E-state index in [2.05, 4.69) is 9.64 Å². The number of carboxylic acids is 1. The van der Waals surface area contributed by atoms with Crippen LogP contribution in [0.4, 0.5) is 13.2 Å². The molecule has 3 aromatic rings. The maximum absolute atomic E-state index is 12.7. The number of carboxylic acid groups (broad SMARTS) is 1. The molecule has 174 valence electrons. The standard InChI is InChI=1S/C25H23F3INO3/c1-17(19-10-6-3-7-11-19)30(16-18-8-4-2-5-9-18)22(15-24(31)32)20-12-13-23(21(29)14-20)33-25(26,27)28/h2-14,17,22H,15-16H2,1H3,(H,31,32)/t17-,22?/m1/s1. The van der Waals surface area contributed by atoms with E-state index in [1.807, 2.05) is 67.6 Å². The first-order chi connectivity index (χ1) is 15.6. The van der Waals surface area contributed by atoms with Gasteiger partial charge in [-0.15, -0.1) is 13.2 Å². The normalized spacial score (nSPS) is 13.5. The molecule has 0 fully saturated rings. The number of carbonyl (C=O) groups is 1. The van der Waals surface area contributed by atoms with Crippen LogP contribution in [0.2, 0.25) is 0 Å². The Balaban J connectivity index is 2.04. The van der Waals surface area contributed by atoms with Crippen LogP contribution in [0.25, 0.3) is 0 Å². The van der Waals surface area contributed by atoms with Crippen molar-refractivity contribution in [2.24, 2.45) is 0 Å². The topological polar surface area (TPSA) is 49.8 Å². The zero-order valence-corrected chi connectivity index (χ0v) is 20.0. The summed E-state index contributed by atoms with van der Waals surface area (Å²) in [5, 5.41) is 9.69. The van der Waals surface area contributed by atoms with Crippen LogP contribution < -0.4 is 4.74 Å². The van der Waals surface area contributed by atoms with Crippen LogP contribution in [0.5, 0.6) is 5.75 Å². The van der Waals surface area contributed by atoms with Gasteiger partial charge in [0.25, 0.3) is 0 Å². The zero-order valence-electron chi connectivity index (χ0n) is 17.8. The summed E-state index contributed by atoms with van der Waals surface area (Å²) in [6.07, 6.45) is -5.01. The summed E-state index contributed by atoms with van der Waals surface area (Å²) in [5.74, 6) is -1.31. The van der Waals surface area contributed by atoms with E-state index in [1.54, 1.807) is 28.7 Å². The fraction of sp³-hybridized carbons (Fsp3) is 0.240. The highest BCUT2D eigenvalue weighted by molar-refractivity contribution is 14.1. The first-order valence-corrected chi connectivity index (χ1v) is 11.3. The maximum atomic E-state index is 12.7. The Morgan fingerprint density at radius 2 is 1.61 bits per heavy atom. The molecule has 8 heteroatoms. The number of hydrogen-bond donors (Lipinski definition) is 1. The van der Waals surface area contributed by atoms with Crippen LogP contribution in [0.1, 0.15) is 42.1 Å². The zero-order chi connectivity index (χ0) is 24.0. The number of halogens is 4. The Labute approximate surface area is 204 Å². The van der Waals surface area contributed by atoms with Gasteiger partial charge in [0.15, 0.2) is 0 Å². The second kappa shape index (κ2) is 11.0. The van der Waals surface area contributed by atoms with E-state index in [0.717, 1.165) is 11.1 Å². The van der Waals surface area contributed by atoms with Crippen molar-refractivity contribution in [1.29, 1.82) is 0 Å². The van der Waals surface area contributed by atoms with E-state index in [4.69, 9.17) is 0 Å². The minimum absolute atomic E-state index is 0.153. The molecule has 33 heavy (non-hydrogen) atoms. The third-order valence-electron chi connectivity index (χ3n) is 5.32. The van der Waals surface area contributed by atoms with Crippen molar-refractivity contribution >= 4 is 28.6 Å². The van der Waals surface area contributed by atoms with E-state index < -0.39 is 18.4 Å². The Hall–Kier alpha value is -2.59. The molecule has 4 nitrogen and oxygen atoms in total. The van der Waals surface area contributed by atoms with Gasteiger partial charge in [-0.25, -0.2) is 0 Å². The summed E-state index contributed by atoms with van der Waals surface area (Å²) in [6.45, 7) is 2.46. The number of nitrogens with zero attached hydrogens (tertiary/aromatic N) is 1. The number of alkyl halides is 3. The Kier molecular flexibility index (Phi) is 8.36. The lowest BCUT2D eigenvalue weighted by atomic mass is 9.96. The third-order valence-corrected chi connectivity index (χ3v) is 6.17. The maximum Gasteiger partial charge on any atom is 0.573 e. The van der Waals surface area contributed by atoms with Gasteiger partial charge in [-0.3, -0.25) is 9.69 Å². The molecule has 0 saturated carbocycles. The van der Waals surface area contributed by atoms with Gasteiger partial charge in [-0.2, -0.15) is 0 Å². The SMILES string of the molecule is C[C@H](c1ccccc1)N(Cc1ccccc1)C(CC(=O)O)c1ccc(OC(F)(F)F)c(I)c1. The molecule has 0 heterocycles. The molecule has 0 bridgehead atoms. The summed E-state index contributed by atoms with van der Waals surface area (Å²) in [5.41, 5.74) is 2.62. The van der Waals surface area contributed by atoms with Crippen LogP contribution in [0.3, 0.4) is 0 Å². The minimum Gasteiger partial charge on any atom is -0.481 e. The first-order valence-electron chi connectivity index (χ1n) is 10.3. The first kappa shape index (κ1) is 25.0. The van der Waals surface area contributed by atoms with Gasteiger partial charge in [0.1, 0.15) is 5.75 Å². The molecular formula is C25H23F3INO3. The Bertz CT molecular complexity index is 1060. The van der Waals surface area contributed by atoms with E-state index in [0.29, 0.717) is 12.1 Å².